The molecule has 2 heteroatoms. The molecule has 0 heterocycles. The van der Waals surface area contributed by atoms with Crippen molar-refractivity contribution in [2.45, 2.75) is 13.5 Å². The Bertz CT molecular complexity index is 489. The maximum atomic E-state index is 12.8. The van der Waals surface area contributed by atoms with Crippen LogP contribution in [0.25, 0.3) is 11.1 Å². The molecular formula is C14H13FO. The molecule has 16 heavy (non-hydrogen) atoms. The third kappa shape index (κ3) is 2.12. The van der Waals surface area contributed by atoms with Crippen LogP contribution in [-0.4, -0.2) is 5.11 Å². The number of aliphatic hydroxyl groups is 1. The average Bonchev–Trinajstić information content (AvgIpc) is 2.30. The lowest BCUT2D eigenvalue weighted by molar-refractivity contribution is 0.282. The third-order valence-corrected chi connectivity index (χ3v) is 2.59. The van der Waals surface area contributed by atoms with Gasteiger partial charge in [-0.1, -0.05) is 35.9 Å². The second-order valence-electron chi connectivity index (χ2n) is 3.83. The zero-order valence-electron chi connectivity index (χ0n) is 9.07. The van der Waals surface area contributed by atoms with Gasteiger partial charge in [-0.3, -0.25) is 0 Å². The van der Waals surface area contributed by atoms with Crippen molar-refractivity contribution in [3.63, 3.8) is 0 Å². The van der Waals surface area contributed by atoms with Crippen molar-refractivity contribution in [3.8, 4) is 11.1 Å². The first-order chi connectivity index (χ1) is 7.70. The number of benzene rings is 2. The second kappa shape index (κ2) is 4.45. The summed E-state index contributed by atoms with van der Waals surface area (Å²) >= 11 is 0. The van der Waals surface area contributed by atoms with E-state index in [1.54, 1.807) is 12.1 Å². The van der Waals surface area contributed by atoms with Gasteiger partial charge in [0.05, 0.1) is 6.61 Å². The smallest absolute Gasteiger partial charge is 0.123 e. The predicted molar refractivity (Wildman–Crippen MR) is 62.5 cm³/mol. The molecule has 2 aromatic carbocycles. The highest BCUT2D eigenvalue weighted by atomic mass is 19.1. The molecule has 0 fully saturated rings. The van der Waals surface area contributed by atoms with Crippen LogP contribution in [0.4, 0.5) is 4.39 Å². The van der Waals surface area contributed by atoms with Gasteiger partial charge in [-0.25, -0.2) is 4.39 Å². The molecule has 1 N–H and O–H groups in total. The zero-order chi connectivity index (χ0) is 11.5. The number of aliphatic hydroxyl groups excluding tert-OH is 1. The van der Waals surface area contributed by atoms with Crippen molar-refractivity contribution in [1.29, 1.82) is 0 Å². The van der Waals surface area contributed by atoms with Gasteiger partial charge in [-0.15, -0.1) is 0 Å². The van der Waals surface area contributed by atoms with Crippen LogP contribution in [0.15, 0.2) is 42.5 Å². The minimum absolute atomic E-state index is 0.00695. The summed E-state index contributed by atoms with van der Waals surface area (Å²) in [5.74, 6) is -0.248. The zero-order valence-corrected chi connectivity index (χ0v) is 9.07. The summed E-state index contributed by atoms with van der Waals surface area (Å²) in [6, 6.07) is 12.2. The van der Waals surface area contributed by atoms with E-state index in [-0.39, 0.29) is 12.4 Å². The maximum absolute atomic E-state index is 12.8. The van der Waals surface area contributed by atoms with Crippen LogP contribution in [-0.2, 0) is 6.61 Å². The highest BCUT2D eigenvalue weighted by Gasteiger charge is 2.04. The molecule has 0 aliphatic heterocycles. The summed E-state index contributed by atoms with van der Waals surface area (Å²) < 4.78 is 12.8. The third-order valence-electron chi connectivity index (χ3n) is 2.59. The molecule has 0 atom stereocenters. The predicted octanol–water partition coefficient (Wildman–Crippen LogP) is 3.29. The van der Waals surface area contributed by atoms with Gasteiger partial charge in [0.25, 0.3) is 0 Å². The van der Waals surface area contributed by atoms with E-state index < -0.39 is 0 Å². The molecule has 0 radical (unpaired) electrons. The van der Waals surface area contributed by atoms with Crippen molar-refractivity contribution in [3.05, 3.63) is 59.4 Å². The molecule has 0 saturated carbocycles. The summed E-state index contributed by atoms with van der Waals surface area (Å²) in [4.78, 5) is 0. The highest BCUT2D eigenvalue weighted by Crippen LogP contribution is 2.25. The lowest BCUT2D eigenvalue weighted by Gasteiger charge is -2.08. The Morgan fingerprint density at radius 3 is 2.38 bits per heavy atom. The Labute approximate surface area is 94.2 Å². The van der Waals surface area contributed by atoms with Crippen LogP contribution in [0.1, 0.15) is 11.1 Å². The quantitative estimate of drug-likeness (QED) is 0.816. The minimum atomic E-state index is -0.248. The van der Waals surface area contributed by atoms with Gasteiger partial charge in [0.2, 0.25) is 0 Å². The van der Waals surface area contributed by atoms with Crippen LogP contribution < -0.4 is 0 Å². The molecule has 82 valence electrons. The fourth-order valence-corrected chi connectivity index (χ4v) is 1.73. The Morgan fingerprint density at radius 2 is 1.75 bits per heavy atom. The Balaban J connectivity index is 2.53. The van der Waals surface area contributed by atoms with Crippen LogP contribution in [0, 0.1) is 12.7 Å². The fraction of sp³-hybridized carbons (Fsp3) is 0.143. The van der Waals surface area contributed by atoms with Gasteiger partial charge in [0.1, 0.15) is 5.82 Å². The van der Waals surface area contributed by atoms with E-state index in [1.807, 2.05) is 25.1 Å². The van der Waals surface area contributed by atoms with Crippen molar-refractivity contribution < 1.29 is 9.50 Å². The van der Waals surface area contributed by atoms with E-state index in [0.29, 0.717) is 0 Å². The standard InChI is InChI=1S/C14H13FO/c1-10-2-3-12(9-16)14(8-10)11-4-6-13(15)7-5-11/h2-8,16H,9H2,1H3. The van der Waals surface area contributed by atoms with E-state index in [4.69, 9.17) is 0 Å². The number of aryl methyl sites for hydroxylation is 1. The van der Waals surface area contributed by atoms with E-state index in [1.165, 1.54) is 12.1 Å². The lowest BCUT2D eigenvalue weighted by Crippen LogP contribution is -1.90. The van der Waals surface area contributed by atoms with Crippen LogP contribution in [0.2, 0.25) is 0 Å². The Morgan fingerprint density at radius 1 is 1.06 bits per heavy atom. The number of rotatable bonds is 2. The maximum Gasteiger partial charge on any atom is 0.123 e. The molecule has 0 aromatic heterocycles. The largest absolute Gasteiger partial charge is 0.392 e. The average molecular weight is 216 g/mol. The first-order valence-corrected chi connectivity index (χ1v) is 5.17. The van der Waals surface area contributed by atoms with Crippen molar-refractivity contribution >= 4 is 0 Å². The van der Waals surface area contributed by atoms with Gasteiger partial charge < -0.3 is 5.11 Å². The summed E-state index contributed by atoms with van der Waals surface area (Å²) in [6.45, 7) is 1.99. The normalized spacial score (nSPS) is 10.4. The van der Waals surface area contributed by atoms with E-state index >= 15 is 0 Å². The van der Waals surface area contributed by atoms with Gasteiger partial charge in [0, 0.05) is 0 Å². The Hall–Kier alpha value is -1.67. The van der Waals surface area contributed by atoms with Gasteiger partial charge in [-0.05, 0) is 35.7 Å². The summed E-state index contributed by atoms with van der Waals surface area (Å²) in [5, 5.41) is 9.25. The lowest BCUT2D eigenvalue weighted by atomic mass is 9.98. The number of hydrogen-bond donors (Lipinski definition) is 1. The van der Waals surface area contributed by atoms with Gasteiger partial charge >= 0.3 is 0 Å². The van der Waals surface area contributed by atoms with E-state index in [9.17, 15) is 9.50 Å². The molecule has 0 aliphatic rings. The molecule has 0 bridgehead atoms. The van der Waals surface area contributed by atoms with E-state index in [2.05, 4.69) is 0 Å². The molecule has 0 aliphatic carbocycles. The number of halogens is 1. The summed E-state index contributed by atoms with van der Waals surface area (Å²) in [6.07, 6.45) is 0. The second-order valence-corrected chi connectivity index (χ2v) is 3.83. The summed E-state index contributed by atoms with van der Waals surface area (Å²) in [7, 11) is 0. The van der Waals surface area contributed by atoms with Crippen LogP contribution in [0.5, 0.6) is 0 Å². The van der Waals surface area contributed by atoms with Crippen molar-refractivity contribution in [2.24, 2.45) is 0 Å². The molecule has 2 rings (SSSR count). The number of hydrogen-bond acceptors (Lipinski definition) is 1. The molecule has 0 spiro atoms. The minimum Gasteiger partial charge on any atom is -0.392 e. The Kier molecular flexibility index (Phi) is 3.02. The SMILES string of the molecule is Cc1ccc(CO)c(-c2ccc(F)cc2)c1. The molecule has 0 saturated heterocycles. The van der Waals surface area contributed by atoms with Crippen molar-refractivity contribution in [1.82, 2.24) is 0 Å². The topological polar surface area (TPSA) is 20.2 Å². The molecule has 0 amide bonds. The van der Waals surface area contributed by atoms with Gasteiger partial charge in [0.15, 0.2) is 0 Å². The van der Waals surface area contributed by atoms with Crippen LogP contribution in [0.3, 0.4) is 0 Å². The summed E-state index contributed by atoms with van der Waals surface area (Å²) in [5.41, 5.74) is 3.87. The van der Waals surface area contributed by atoms with E-state index in [0.717, 1.165) is 22.3 Å². The molecule has 0 unspecified atom stereocenters. The molecule has 1 nitrogen and oxygen atoms in total. The highest BCUT2D eigenvalue weighted by molar-refractivity contribution is 5.68. The monoisotopic (exact) mass is 216 g/mol. The fourth-order valence-electron chi connectivity index (χ4n) is 1.73. The molecular weight excluding hydrogens is 203 g/mol. The van der Waals surface area contributed by atoms with Crippen LogP contribution >= 0.6 is 0 Å². The first kappa shape index (κ1) is 10.8. The molecule has 2 aromatic rings. The first-order valence-electron chi connectivity index (χ1n) is 5.17. The van der Waals surface area contributed by atoms with Crippen molar-refractivity contribution in [2.75, 3.05) is 0 Å². The van der Waals surface area contributed by atoms with Gasteiger partial charge in [-0.2, -0.15) is 0 Å².